The van der Waals surface area contributed by atoms with Crippen LogP contribution in [0.5, 0.6) is 0 Å². The van der Waals surface area contributed by atoms with Crippen molar-refractivity contribution in [1.82, 2.24) is 5.48 Å². The predicted octanol–water partition coefficient (Wildman–Crippen LogP) is 2.61. The quantitative estimate of drug-likeness (QED) is 0.361. The Bertz CT molecular complexity index is 1050. The number of carbonyl (C=O) groups is 2. The van der Waals surface area contributed by atoms with Crippen LogP contribution in [0.15, 0.2) is 36.4 Å². The lowest BCUT2D eigenvalue weighted by Crippen LogP contribution is -2.43. The Morgan fingerprint density at radius 3 is 2.74 bits per heavy atom. The summed E-state index contributed by atoms with van der Waals surface area (Å²) in [5, 5.41) is 11.6. The molecular formula is C20H25N3O6S2. The summed E-state index contributed by atoms with van der Waals surface area (Å²) in [5.74, 6) is -0.730. The highest BCUT2D eigenvalue weighted by molar-refractivity contribution is 7.92. The molecule has 0 aliphatic carbocycles. The Kier molecular flexibility index (Phi) is 7.31. The van der Waals surface area contributed by atoms with E-state index in [-0.39, 0.29) is 25.3 Å². The second-order valence-electron chi connectivity index (χ2n) is 7.28. The number of hydrogen-bond acceptors (Lipinski definition) is 8. The van der Waals surface area contributed by atoms with Crippen LogP contribution in [0.4, 0.5) is 10.5 Å². The number of hydroxylamine groups is 1. The molecule has 1 fully saturated rings. The van der Waals surface area contributed by atoms with Gasteiger partial charge < -0.3 is 10.5 Å². The summed E-state index contributed by atoms with van der Waals surface area (Å²) >= 11 is 1.29. The van der Waals surface area contributed by atoms with Gasteiger partial charge in [0.05, 0.1) is 12.2 Å². The molecule has 0 radical (unpaired) electrons. The molecule has 2 heterocycles. The fourth-order valence-corrected chi connectivity index (χ4v) is 7.48. The van der Waals surface area contributed by atoms with Gasteiger partial charge in [-0.3, -0.25) is 15.3 Å². The Morgan fingerprint density at radius 1 is 1.23 bits per heavy atom. The Balaban J connectivity index is 1.91. The molecule has 0 unspecified atom stereocenters. The first-order valence-electron chi connectivity index (χ1n) is 9.81. The third kappa shape index (κ3) is 5.06. The first-order chi connectivity index (χ1) is 14.8. The van der Waals surface area contributed by atoms with Crippen molar-refractivity contribution in [1.29, 1.82) is 0 Å². The summed E-state index contributed by atoms with van der Waals surface area (Å²) in [6.07, 6.45) is 0.598. The van der Waals surface area contributed by atoms with Crippen LogP contribution >= 0.6 is 11.3 Å². The second-order valence-corrected chi connectivity index (χ2v) is 10.8. The van der Waals surface area contributed by atoms with Gasteiger partial charge in [-0.2, -0.15) is 0 Å². The van der Waals surface area contributed by atoms with Crippen LogP contribution in [0.2, 0.25) is 0 Å². The maximum atomic E-state index is 13.0. The summed E-state index contributed by atoms with van der Waals surface area (Å²) in [6, 6.07) is 10.6. The highest BCUT2D eigenvalue weighted by atomic mass is 32.2. The normalized spacial score (nSPS) is 20.1. The van der Waals surface area contributed by atoms with E-state index in [0.717, 1.165) is 10.4 Å². The predicted molar refractivity (Wildman–Crippen MR) is 118 cm³/mol. The summed E-state index contributed by atoms with van der Waals surface area (Å²) in [4.78, 5) is 25.1. The second kappa shape index (κ2) is 9.77. The van der Waals surface area contributed by atoms with Crippen molar-refractivity contribution < 1.29 is 28.0 Å². The molecule has 0 bridgehead atoms. The minimum Gasteiger partial charge on any atom is -0.448 e. The zero-order valence-corrected chi connectivity index (χ0v) is 18.4. The molecule has 1 saturated heterocycles. The molecule has 1 aliphatic rings. The largest absolute Gasteiger partial charge is 0.448 e. The monoisotopic (exact) mass is 467 g/mol. The van der Waals surface area contributed by atoms with Gasteiger partial charge in [0, 0.05) is 22.0 Å². The van der Waals surface area contributed by atoms with Crippen molar-refractivity contribution in [2.45, 2.75) is 30.4 Å². The van der Waals surface area contributed by atoms with Crippen molar-refractivity contribution in [3.05, 3.63) is 41.3 Å². The highest BCUT2D eigenvalue weighted by Gasteiger charge is 2.49. The van der Waals surface area contributed by atoms with E-state index in [4.69, 9.17) is 15.7 Å². The summed E-state index contributed by atoms with van der Waals surface area (Å²) in [6.45, 7) is 0.335. The molecule has 2 amide bonds. The third-order valence-corrected chi connectivity index (χ3v) is 9.26. The van der Waals surface area contributed by atoms with Crippen molar-refractivity contribution in [2.24, 2.45) is 5.73 Å². The first-order valence-corrected chi connectivity index (χ1v) is 12.3. The SMILES string of the molecule is NCCOC(=O)Nc1cccc(-c2ccc([C@@]3(CC(=O)NO)CCCCS3(=O)=O)s2)c1. The molecule has 11 heteroatoms. The molecule has 2 aromatic rings. The smallest absolute Gasteiger partial charge is 0.411 e. The lowest BCUT2D eigenvalue weighted by Gasteiger charge is -2.35. The fourth-order valence-electron chi connectivity index (χ4n) is 3.71. The number of carbonyl (C=O) groups excluding carboxylic acids is 2. The van der Waals surface area contributed by atoms with Gasteiger partial charge in [-0.15, -0.1) is 11.3 Å². The molecule has 1 aromatic heterocycles. The number of nitrogens with two attached hydrogens (primary N) is 1. The van der Waals surface area contributed by atoms with Crippen molar-refractivity contribution in [3.8, 4) is 10.4 Å². The van der Waals surface area contributed by atoms with Gasteiger partial charge in [0.1, 0.15) is 11.4 Å². The molecule has 1 atom stereocenters. The first kappa shape index (κ1) is 23.2. The van der Waals surface area contributed by atoms with E-state index < -0.39 is 26.6 Å². The average Bonchev–Trinajstić information content (AvgIpc) is 3.24. The standard InChI is InChI=1S/C20H25N3O6S2/c21-9-10-29-19(25)22-15-5-3-4-14(12-15)16-6-7-17(30-16)20(13-18(24)23-26)8-1-2-11-31(20,27)28/h3-7,12,26H,1-2,8-11,13,21H2,(H,22,25)(H,23,24)/t20-/m0/s1. The van der Waals surface area contributed by atoms with E-state index >= 15 is 0 Å². The zero-order chi connectivity index (χ0) is 22.5. The number of thiophene rings is 1. The number of benzene rings is 1. The maximum Gasteiger partial charge on any atom is 0.411 e. The van der Waals surface area contributed by atoms with E-state index in [1.165, 1.54) is 11.3 Å². The lowest BCUT2D eigenvalue weighted by atomic mass is 9.94. The van der Waals surface area contributed by atoms with Crippen LogP contribution in [0.25, 0.3) is 10.4 Å². The third-order valence-electron chi connectivity index (χ3n) is 5.21. The zero-order valence-electron chi connectivity index (χ0n) is 16.8. The van der Waals surface area contributed by atoms with Crippen LogP contribution in [-0.4, -0.2) is 44.5 Å². The molecule has 168 valence electrons. The number of nitrogens with one attached hydrogen (secondary N) is 2. The van der Waals surface area contributed by atoms with Gasteiger partial charge in [-0.05, 0) is 42.7 Å². The molecule has 5 N–H and O–H groups in total. The summed E-state index contributed by atoms with van der Waals surface area (Å²) in [7, 11) is -3.59. The number of rotatable bonds is 7. The van der Waals surface area contributed by atoms with Gasteiger partial charge in [0.2, 0.25) is 5.91 Å². The van der Waals surface area contributed by atoms with Gasteiger partial charge in [-0.25, -0.2) is 18.7 Å². The van der Waals surface area contributed by atoms with Crippen molar-refractivity contribution in [3.63, 3.8) is 0 Å². The van der Waals surface area contributed by atoms with Gasteiger partial charge in [-0.1, -0.05) is 18.6 Å². The van der Waals surface area contributed by atoms with Gasteiger partial charge in [0.15, 0.2) is 9.84 Å². The fraction of sp³-hybridized carbons (Fsp3) is 0.400. The van der Waals surface area contributed by atoms with Crippen LogP contribution in [0.3, 0.4) is 0 Å². The van der Waals surface area contributed by atoms with E-state index in [0.29, 0.717) is 29.8 Å². The minimum absolute atomic E-state index is 0.00323. The molecule has 0 saturated carbocycles. The van der Waals surface area contributed by atoms with Crippen LogP contribution < -0.4 is 16.5 Å². The average molecular weight is 468 g/mol. The Hall–Kier alpha value is -2.47. The Labute approximate surface area is 184 Å². The molecular weight excluding hydrogens is 442 g/mol. The molecule has 31 heavy (non-hydrogen) atoms. The van der Waals surface area contributed by atoms with E-state index in [1.807, 2.05) is 6.07 Å². The van der Waals surface area contributed by atoms with Crippen LogP contribution in [0, 0.1) is 0 Å². The molecule has 9 nitrogen and oxygen atoms in total. The molecule has 1 aromatic carbocycles. The topological polar surface area (TPSA) is 148 Å². The van der Waals surface area contributed by atoms with Crippen molar-refractivity contribution in [2.75, 3.05) is 24.2 Å². The van der Waals surface area contributed by atoms with E-state index in [2.05, 4.69) is 5.32 Å². The number of anilines is 1. The van der Waals surface area contributed by atoms with Gasteiger partial charge in [0.25, 0.3) is 0 Å². The van der Waals surface area contributed by atoms with Crippen LogP contribution in [0.1, 0.15) is 30.6 Å². The summed E-state index contributed by atoms with van der Waals surface area (Å²) < 4.78 is 29.6. The van der Waals surface area contributed by atoms with E-state index in [1.54, 1.807) is 35.8 Å². The number of hydrogen-bond donors (Lipinski definition) is 4. The lowest BCUT2D eigenvalue weighted by molar-refractivity contribution is -0.130. The van der Waals surface area contributed by atoms with Crippen LogP contribution in [-0.2, 0) is 24.1 Å². The van der Waals surface area contributed by atoms with E-state index in [9.17, 15) is 18.0 Å². The number of amides is 2. The number of ether oxygens (including phenoxy) is 1. The maximum absolute atomic E-state index is 13.0. The van der Waals surface area contributed by atoms with Gasteiger partial charge >= 0.3 is 6.09 Å². The highest BCUT2D eigenvalue weighted by Crippen LogP contribution is 2.47. The Morgan fingerprint density at radius 2 is 2.03 bits per heavy atom. The summed E-state index contributed by atoms with van der Waals surface area (Å²) in [5.41, 5.74) is 8.18. The number of sulfone groups is 1. The minimum atomic E-state index is -3.59. The van der Waals surface area contributed by atoms with Crippen molar-refractivity contribution >= 4 is 38.9 Å². The molecule has 3 rings (SSSR count). The molecule has 1 aliphatic heterocycles. The molecule has 0 spiro atoms.